The number of carboxylic acids is 1. The average molecular weight is 287 g/mol. The summed E-state index contributed by atoms with van der Waals surface area (Å²) in [4.78, 5) is 22.4. The Labute approximate surface area is 121 Å². The molecule has 21 heavy (non-hydrogen) atoms. The number of hydrogen-bond donors (Lipinski definition) is 1. The molecule has 1 aliphatic carbocycles. The lowest BCUT2D eigenvalue weighted by molar-refractivity contribution is -0.136. The summed E-state index contributed by atoms with van der Waals surface area (Å²) in [6.45, 7) is 0. The van der Waals surface area contributed by atoms with Gasteiger partial charge in [-0.3, -0.25) is 4.79 Å². The molecule has 1 aromatic rings. The maximum Gasteiger partial charge on any atom is 0.346 e. The number of carbonyl (C=O) groups excluding carboxylic acids is 1. The van der Waals surface area contributed by atoms with Crippen molar-refractivity contribution in [2.24, 2.45) is 5.92 Å². The number of hydrogen-bond acceptors (Lipinski definition) is 5. The van der Waals surface area contributed by atoms with E-state index in [4.69, 9.17) is 19.8 Å². The summed E-state index contributed by atoms with van der Waals surface area (Å²) < 4.78 is 10.4. The lowest BCUT2D eigenvalue weighted by Crippen LogP contribution is -2.10. The molecule has 0 amide bonds. The molecule has 0 atom stereocenters. The van der Waals surface area contributed by atoms with Gasteiger partial charge < -0.3 is 14.6 Å². The maximum absolute atomic E-state index is 11.6. The molecule has 1 N–H and O–H groups in total. The zero-order valence-electron chi connectivity index (χ0n) is 11.3. The molecular weight excluding hydrogens is 274 g/mol. The molecule has 0 aliphatic heterocycles. The summed E-state index contributed by atoms with van der Waals surface area (Å²) >= 11 is 0. The van der Waals surface area contributed by atoms with Crippen LogP contribution in [-0.2, 0) is 9.59 Å². The monoisotopic (exact) mass is 287 g/mol. The summed E-state index contributed by atoms with van der Waals surface area (Å²) in [5.74, 6) is -1.05. The second-order valence-corrected chi connectivity index (χ2v) is 4.58. The van der Waals surface area contributed by atoms with Crippen LogP contribution in [0, 0.1) is 17.2 Å². The zero-order chi connectivity index (χ0) is 15.4. The van der Waals surface area contributed by atoms with Crippen LogP contribution in [0.5, 0.6) is 11.5 Å². The second kappa shape index (κ2) is 6.09. The molecule has 1 saturated carbocycles. The smallest absolute Gasteiger partial charge is 0.346 e. The molecule has 0 aromatic heterocycles. The highest BCUT2D eigenvalue weighted by molar-refractivity contribution is 5.96. The minimum atomic E-state index is -1.30. The predicted octanol–water partition coefficient (Wildman–Crippen LogP) is 2.00. The lowest BCUT2D eigenvalue weighted by Gasteiger charge is -2.09. The molecule has 108 valence electrons. The lowest BCUT2D eigenvalue weighted by atomic mass is 10.1. The second-order valence-electron chi connectivity index (χ2n) is 4.58. The third kappa shape index (κ3) is 3.60. The molecule has 6 heteroatoms. The van der Waals surface area contributed by atoms with Crippen molar-refractivity contribution in [2.75, 3.05) is 7.11 Å². The standard InChI is InChI=1S/C15H13NO5/c1-20-13-7-9(6-11(8-16)14(17)18)2-5-12(13)21-15(19)10-3-4-10/h2,5-7,10H,3-4H2,1H3,(H,17,18)/b11-6+. The van der Waals surface area contributed by atoms with Gasteiger partial charge in [0.05, 0.1) is 13.0 Å². The molecule has 2 rings (SSSR count). The van der Waals surface area contributed by atoms with Gasteiger partial charge in [0.2, 0.25) is 0 Å². The van der Waals surface area contributed by atoms with E-state index in [2.05, 4.69) is 0 Å². The fourth-order valence-corrected chi connectivity index (χ4v) is 1.68. The Bertz CT molecular complexity index is 653. The van der Waals surface area contributed by atoms with E-state index in [0.29, 0.717) is 11.3 Å². The van der Waals surface area contributed by atoms with Crippen molar-refractivity contribution in [1.82, 2.24) is 0 Å². The Hall–Kier alpha value is -2.81. The van der Waals surface area contributed by atoms with Crippen LogP contribution in [0.25, 0.3) is 6.08 Å². The van der Waals surface area contributed by atoms with Crippen LogP contribution in [0.1, 0.15) is 18.4 Å². The molecular formula is C15H13NO5. The number of nitriles is 1. The molecule has 1 aliphatic rings. The number of ether oxygens (including phenoxy) is 2. The number of nitrogens with zero attached hydrogens (tertiary/aromatic N) is 1. The number of benzene rings is 1. The van der Waals surface area contributed by atoms with Gasteiger partial charge in [-0.2, -0.15) is 5.26 Å². The number of esters is 1. The number of carbonyl (C=O) groups is 2. The van der Waals surface area contributed by atoms with Gasteiger partial charge in [-0.25, -0.2) is 4.79 Å². The van der Waals surface area contributed by atoms with Crippen molar-refractivity contribution in [3.8, 4) is 17.6 Å². The fourth-order valence-electron chi connectivity index (χ4n) is 1.68. The molecule has 0 heterocycles. The van der Waals surface area contributed by atoms with Gasteiger partial charge in [0.1, 0.15) is 11.6 Å². The van der Waals surface area contributed by atoms with Gasteiger partial charge in [-0.1, -0.05) is 6.07 Å². The van der Waals surface area contributed by atoms with E-state index in [-0.39, 0.29) is 23.2 Å². The van der Waals surface area contributed by atoms with Crippen LogP contribution < -0.4 is 9.47 Å². The average Bonchev–Trinajstić information content (AvgIpc) is 3.30. The van der Waals surface area contributed by atoms with E-state index in [1.54, 1.807) is 12.1 Å². The first-order valence-electron chi connectivity index (χ1n) is 6.30. The maximum atomic E-state index is 11.6. The summed E-state index contributed by atoms with van der Waals surface area (Å²) in [6.07, 6.45) is 2.90. The van der Waals surface area contributed by atoms with Crippen molar-refractivity contribution >= 4 is 18.0 Å². The molecule has 1 aromatic carbocycles. The van der Waals surface area contributed by atoms with Gasteiger partial charge in [0.25, 0.3) is 0 Å². The van der Waals surface area contributed by atoms with Crippen molar-refractivity contribution in [3.05, 3.63) is 29.3 Å². The van der Waals surface area contributed by atoms with Crippen molar-refractivity contribution in [1.29, 1.82) is 5.26 Å². The Morgan fingerprint density at radius 2 is 2.10 bits per heavy atom. The van der Waals surface area contributed by atoms with Crippen molar-refractivity contribution < 1.29 is 24.2 Å². The highest BCUT2D eigenvalue weighted by Crippen LogP contribution is 2.34. The number of rotatable bonds is 5. The van der Waals surface area contributed by atoms with E-state index in [1.807, 2.05) is 0 Å². The normalized spacial score (nSPS) is 14.2. The van der Waals surface area contributed by atoms with Crippen LogP contribution in [-0.4, -0.2) is 24.2 Å². The van der Waals surface area contributed by atoms with E-state index >= 15 is 0 Å². The highest BCUT2D eigenvalue weighted by Gasteiger charge is 2.32. The fraction of sp³-hybridized carbons (Fsp3) is 0.267. The Morgan fingerprint density at radius 1 is 1.38 bits per heavy atom. The van der Waals surface area contributed by atoms with E-state index in [1.165, 1.54) is 25.3 Å². The summed E-state index contributed by atoms with van der Waals surface area (Å²) in [5, 5.41) is 17.5. The Balaban J connectivity index is 2.25. The zero-order valence-corrected chi connectivity index (χ0v) is 11.3. The van der Waals surface area contributed by atoms with Crippen LogP contribution in [0.15, 0.2) is 23.8 Å². The van der Waals surface area contributed by atoms with Gasteiger partial charge in [-0.15, -0.1) is 0 Å². The van der Waals surface area contributed by atoms with E-state index in [9.17, 15) is 9.59 Å². The third-order valence-corrected chi connectivity index (χ3v) is 2.97. The SMILES string of the molecule is COc1cc(/C=C(\C#N)C(=O)O)ccc1OC(=O)C1CC1. The predicted molar refractivity (Wildman–Crippen MR) is 72.6 cm³/mol. The third-order valence-electron chi connectivity index (χ3n) is 2.97. The summed E-state index contributed by atoms with van der Waals surface area (Å²) in [5.41, 5.74) is 0.0804. The first-order chi connectivity index (χ1) is 10.0. The van der Waals surface area contributed by atoms with Crippen molar-refractivity contribution in [3.63, 3.8) is 0 Å². The topological polar surface area (TPSA) is 96.6 Å². The molecule has 0 spiro atoms. The number of methoxy groups -OCH3 is 1. The van der Waals surface area contributed by atoms with Crippen LogP contribution in [0.4, 0.5) is 0 Å². The van der Waals surface area contributed by atoms with Crippen LogP contribution >= 0.6 is 0 Å². The van der Waals surface area contributed by atoms with E-state index in [0.717, 1.165) is 12.8 Å². The largest absolute Gasteiger partial charge is 0.493 e. The minimum absolute atomic E-state index is 0.0357. The summed E-state index contributed by atoms with van der Waals surface area (Å²) in [7, 11) is 1.42. The first kappa shape index (κ1) is 14.6. The molecule has 1 fully saturated rings. The number of aliphatic carboxylic acids is 1. The minimum Gasteiger partial charge on any atom is -0.493 e. The van der Waals surface area contributed by atoms with Gasteiger partial charge in [-0.05, 0) is 36.6 Å². The van der Waals surface area contributed by atoms with Gasteiger partial charge in [0, 0.05) is 0 Å². The van der Waals surface area contributed by atoms with Crippen LogP contribution in [0.3, 0.4) is 0 Å². The molecule has 0 unspecified atom stereocenters. The molecule has 0 radical (unpaired) electrons. The first-order valence-corrected chi connectivity index (χ1v) is 6.30. The van der Waals surface area contributed by atoms with Crippen molar-refractivity contribution in [2.45, 2.75) is 12.8 Å². The van der Waals surface area contributed by atoms with E-state index < -0.39 is 5.97 Å². The molecule has 0 bridgehead atoms. The van der Waals surface area contributed by atoms with Crippen LogP contribution in [0.2, 0.25) is 0 Å². The Kier molecular flexibility index (Phi) is 4.24. The molecule has 6 nitrogen and oxygen atoms in total. The highest BCUT2D eigenvalue weighted by atomic mass is 16.6. The quantitative estimate of drug-likeness (QED) is 0.385. The molecule has 0 saturated heterocycles. The summed E-state index contributed by atoms with van der Waals surface area (Å²) in [6, 6.07) is 6.17. The Morgan fingerprint density at radius 3 is 2.62 bits per heavy atom. The number of carboxylic acid groups (broad SMARTS) is 1. The van der Waals surface area contributed by atoms with Gasteiger partial charge >= 0.3 is 11.9 Å². The van der Waals surface area contributed by atoms with Gasteiger partial charge in [0.15, 0.2) is 11.5 Å².